The van der Waals surface area contributed by atoms with E-state index in [1.54, 1.807) is 17.0 Å². The van der Waals surface area contributed by atoms with Crippen LogP contribution in [-0.4, -0.2) is 74.2 Å². The lowest BCUT2D eigenvalue weighted by Crippen LogP contribution is -2.37. The molecule has 0 aliphatic carbocycles. The normalized spacial score (nSPS) is 14.0. The van der Waals surface area contributed by atoms with E-state index in [0.717, 1.165) is 28.7 Å². The highest BCUT2D eigenvalue weighted by Crippen LogP contribution is 2.35. The first-order chi connectivity index (χ1) is 16.8. The van der Waals surface area contributed by atoms with Crippen molar-refractivity contribution in [3.8, 4) is 0 Å². The van der Waals surface area contributed by atoms with Crippen molar-refractivity contribution < 1.29 is 14.5 Å². The van der Waals surface area contributed by atoms with Gasteiger partial charge in [0.25, 0.3) is 11.6 Å². The third-order valence-corrected chi connectivity index (χ3v) is 7.42. The van der Waals surface area contributed by atoms with Crippen LogP contribution in [0.5, 0.6) is 0 Å². The van der Waals surface area contributed by atoms with Gasteiger partial charge in [0, 0.05) is 36.3 Å². The van der Waals surface area contributed by atoms with Gasteiger partial charge < -0.3 is 14.5 Å². The van der Waals surface area contributed by atoms with Crippen LogP contribution in [0.4, 0.5) is 16.5 Å². The Balaban J connectivity index is 1.70. The minimum absolute atomic E-state index is 0.0853. The maximum atomic E-state index is 13.7. The number of nitrogens with zero attached hydrogens (tertiary/aromatic N) is 5. The number of hydrogen-bond acceptors (Lipinski definition) is 8. The van der Waals surface area contributed by atoms with Crippen LogP contribution in [0.15, 0.2) is 30.3 Å². The van der Waals surface area contributed by atoms with Crippen molar-refractivity contribution in [3.63, 3.8) is 0 Å². The summed E-state index contributed by atoms with van der Waals surface area (Å²) in [5.74, 6) is -0.316. The molecule has 1 saturated heterocycles. The highest BCUT2D eigenvalue weighted by Gasteiger charge is 2.27. The molecule has 1 aliphatic rings. The van der Waals surface area contributed by atoms with Gasteiger partial charge in [-0.2, -0.15) is 0 Å². The second-order valence-corrected chi connectivity index (χ2v) is 10.1. The lowest BCUT2D eigenvalue weighted by atomic mass is 10.1. The fraction of sp³-hybridized carbons (Fsp3) is 0.417. The molecule has 35 heavy (non-hydrogen) atoms. The topological polar surface area (TPSA) is 92.0 Å². The monoisotopic (exact) mass is 517 g/mol. The largest absolute Gasteiger partial charge is 0.378 e. The summed E-state index contributed by atoms with van der Waals surface area (Å²) < 4.78 is 6.30. The fourth-order valence-electron chi connectivity index (χ4n) is 4.06. The number of rotatable bonds is 8. The third-order valence-electron chi connectivity index (χ3n) is 5.97. The van der Waals surface area contributed by atoms with Crippen LogP contribution >= 0.6 is 22.9 Å². The van der Waals surface area contributed by atoms with E-state index in [4.69, 9.17) is 21.3 Å². The zero-order valence-electron chi connectivity index (χ0n) is 20.0. The highest BCUT2D eigenvalue weighted by atomic mass is 35.5. The number of halogens is 1. The number of carbonyl (C=O) groups is 1. The zero-order valence-corrected chi connectivity index (χ0v) is 21.6. The van der Waals surface area contributed by atoms with Gasteiger partial charge in [0.05, 0.1) is 28.4 Å². The first-order valence-corrected chi connectivity index (χ1v) is 12.6. The molecule has 0 atom stereocenters. The van der Waals surface area contributed by atoms with Crippen molar-refractivity contribution >= 4 is 55.6 Å². The first kappa shape index (κ1) is 25.3. The van der Waals surface area contributed by atoms with Crippen molar-refractivity contribution in [1.29, 1.82) is 0 Å². The number of fused-ring (bicyclic) bond motifs is 1. The van der Waals surface area contributed by atoms with Crippen molar-refractivity contribution in [1.82, 2.24) is 9.88 Å². The van der Waals surface area contributed by atoms with Crippen LogP contribution < -0.4 is 9.80 Å². The van der Waals surface area contributed by atoms with Gasteiger partial charge in [0.1, 0.15) is 5.69 Å². The summed E-state index contributed by atoms with van der Waals surface area (Å²) in [6.07, 6.45) is 0.725. The number of thiazole rings is 1. The average molecular weight is 518 g/mol. The molecule has 0 spiro atoms. The maximum absolute atomic E-state index is 13.7. The van der Waals surface area contributed by atoms with Crippen molar-refractivity contribution in [2.45, 2.75) is 13.3 Å². The molecule has 1 aliphatic heterocycles. The lowest BCUT2D eigenvalue weighted by Gasteiger charge is -2.28. The number of benzene rings is 2. The number of morpholine rings is 1. The molecule has 11 heteroatoms. The van der Waals surface area contributed by atoms with E-state index in [9.17, 15) is 14.9 Å². The SMILES string of the molecule is Cc1c(Cl)ccc2sc(N(CCCN(C)C)C(=O)c3ccc(N4CCOCC4)c([N+](=O)[O-])c3)nc12. The molecular formula is C24H28ClN5O4S. The van der Waals surface area contributed by atoms with Gasteiger partial charge in [-0.25, -0.2) is 4.98 Å². The van der Waals surface area contributed by atoms with Crippen molar-refractivity contribution in [2.75, 3.05) is 63.3 Å². The molecule has 186 valence electrons. The second kappa shape index (κ2) is 10.9. The number of anilines is 2. The number of ether oxygens (including phenoxy) is 1. The fourth-order valence-corrected chi connectivity index (χ4v) is 5.27. The molecule has 0 bridgehead atoms. The van der Waals surface area contributed by atoms with E-state index in [0.29, 0.717) is 48.7 Å². The number of amides is 1. The van der Waals surface area contributed by atoms with Crippen LogP contribution in [0.3, 0.4) is 0 Å². The standard InChI is InChI=1S/C24H28ClN5O4S/c1-16-18(25)6-8-21-22(16)26-24(35-21)29(10-4-9-27(2)3)23(31)17-5-7-19(20(15-17)30(32)33)28-11-13-34-14-12-28/h5-8,15H,4,9-14H2,1-3H3. The van der Waals surface area contributed by atoms with E-state index in [2.05, 4.69) is 0 Å². The van der Waals surface area contributed by atoms with Gasteiger partial charge in [-0.1, -0.05) is 22.9 Å². The Bertz CT molecular complexity index is 1240. The number of nitro benzene ring substituents is 1. The van der Waals surface area contributed by atoms with E-state index in [1.165, 1.54) is 17.4 Å². The van der Waals surface area contributed by atoms with Gasteiger partial charge in [-0.15, -0.1) is 0 Å². The molecule has 1 amide bonds. The lowest BCUT2D eigenvalue weighted by molar-refractivity contribution is -0.384. The molecule has 0 N–H and O–H groups in total. The van der Waals surface area contributed by atoms with Gasteiger partial charge in [-0.05, 0) is 63.8 Å². The molecule has 0 radical (unpaired) electrons. The molecule has 1 aromatic heterocycles. The Kier molecular flexibility index (Phi) is 7.85. The summed E-state index contributed by atoms with van der Waals surface area (Å²) in [6.45, 7) is 5.28. The van der Waals surface area contributed by atoms with Crippen LogP contribution in [-0.2, 0) is 4.74 Å². The smallest absolute Gasteiger partial charge is 0.293 e. The van der Waals surface area contributed by atoms with Crippen LogP contribution in [0.25, 0.3) is 10.2 Å². The van der Waals surface area contributed by atoms with E-state index >= 15 is 0 Å². The highest BCUT2D eigenvalue weighted by molar-refractivity contribution is 7.22. The summed E-state index contributed by atoms with van der Waals surface area (Å²) in [4.78, 5) is 35.5. The van der Waals surface area contributed by atoms with Crippen LogP contribution in [0.1, 0.15) is 22.3 Å². The predicted molar refractivity (Wildman–Crippen MR) is 140 cm³/mol. The molecular weight excluding hydrogens is 490 g/mol. The summed E-state index contributed by atoms with van der Waals surface area (Å²) >= 11 is 7.69. The third kappa shape index (κ3) is 5.56. The van der Waals surface area contributed by atoms with E-state index < -0.39 is 4.92 Å². The Hall–Kier alpha value is -2.79. The summed E-state index contributed by atoms with van der Waals surface area (Å²) in [5.41, 5.74) is 2.29. The summed E-state index contributed by atoms with van der Waals surface area (Å²) in [7, 11) is 3.95. The average Bonchev–Trinajstić information content (AvgIpc) is 3.28. The predicted octanol–water partition coefficient (Wildman–Crippen LogP) is 4.60. The number of aromatic nitrogens is 1. The minimum atomic E-state index is -0.430. The molecule has 2 aromatic carbocycles. The van der Waals surface area contributed by atoms with Crippen LogP contribution in [0.2, 0.25) is 5.02 Å². The number of hydrogen-bond donors (Lipinski definition) is 0. The minimum Gasteiger partial charge on any atom is -0.378 e. The molecule has 0 saturated carbocycles. The second-order valence-electron chi connectivity index (χ2n) is 8.69. The number of aryl methyl sites for hydroxylation is 1. The first-order valence-electron chi connectivity index (χ1n) is 11.4. The molecule has 2 heterocycles. The summed E-state index contributed by atoms with van der Waals surface area (Å²) in [6, 6.07) is 8.43. The van der Waals surface area contributed by atoms with E-state index in [-0.39, 0.29) is 17.2 Å². The molecule has 3 aromatic rings. The molecule has 0 unspecified atom stereocenters. The molecule has 4 rings (SSSR count). The summed E-state index contributed by atoms with van der Waals surface area (Å²) in [5, 5.41) is 13.1. The molecule has 9 nitrogen and oxygen atoms in total. The van der Waals surface area contributed by atoms with E-state index in [1.807, 2.05) is 43.0 Å². The quantitative estimate of drug-likeness (QED) is 0.318. The Morgan fingerprint density at radius 3 is 2.66 bits per heavy atom. The number of carbonyl (C=O) groups excluding carboxylic acids is 1. The van der Waals surface area contributed by atoms with Gasteiger partial charge in [0.2, 0.25) is 0 Å². The molecule has 1 fully saturated rings. The van der Waals surface area contributed by atoms with Gasteiger partial charge >= 0.3 is 0 Å². The van der Waals surface area contributed by atoms with Crippen LogP contribution in [0, 0.1) is 17.0 Å². The Labute approximate surface area is 213 Å². The Morgan fingerprint density at radius 2 is 1.97 bits per heavy atom. The van der Waals surface area contributed by atoms with Crippen molar-refractivity contribution in [3.05, 3.63) is 56.6 Å². The number of nitro groups is 1. The van der Waals surface area contributed by atoms with Gasteiger partial charge in [-0.3, -0.25) is 19.8 Å². The Morgan fingerprint density at radius 1 is 1.23 bits per heavy atom. The maximum Gasteiger partial charge on any atom is 0.293 e. The van der Waals surface area contributed by atoms with Crippen molar-refractivity contribution in [2.24, 2.45) is 0 Å². The zero-order chi connectivity index (χ0) is 25.1. The van der Waals surface area contributed by atoms with Gasteiger partial charge in [0.15, 0.2) is 5.13 Å².